The summed E-state index contributed by atoms with van der Waals surface area (Å²) in [7, 11) is 0. The molecule has 3 nitrogen and oxygen atoms in total. The predicted octanol–water partition coefficient (Wildman–Crippen LogP) is 1.04. The highest BCUT2D eigenvalue weighted by Crippen LogP contribution is 2.36. The third kappa shape index (κ3) is 0.891. The van der Waals surface area contributed by atoms with Crippen LogP contribution in [0.15, 0.2) is 11.6 Å². The lowest BCUT2D eigenvalue weighted by Gasteiger charge is -2.19. The van der Waals surface area contributed by atoms with E-state index in [0.29, 0.717) is 5.57 Å². The number of carbonyl (C=O) groups excluding carboxylic acids is 2. The Hall–Kier alpha value is -1.12. The third-order valence-corrected chi connectivity index (χ3v) is 2.57. The number of esters is 2. The van der Waals surface area contributed by atoms with E-state index in [-0.39, 0.29) is 17.8 Å². The molecule has 0 bridgehead atoms. The van der Waals surface area contributed by atoms with Gasteiger partial charge in [0, 0.05) is 5.57 Å². The highest BCUT2D eigenvalue weighted by atomic mass is 16.6. The number of cyclic esters (lactones) is 2. The molecule has 0 N–H and O–H groups in total. The summed E-state index contributed by atoms with van der Waals surface area (Å²) in [6.45, 7) is 1.98. The first-order valence-electron chi connectivity index (χ1n) is 4.16. The zero-order valence-electron chi connectivity index (χ0n) is 6.87. The molecule has 0 radical (unpaired) electrons. The summed E-state index contributed by atoms with van der Waals surface area (Å²) in [5.41, 5.74) is 0.582. The Bertz CT molecular complexity index is 277. The number of hydrogen-bond acceptors (Lipinski definition) is 3. The fourth-order valence-electron chi connectivity index (χ4n) is 1.89. The minimum Gasteiger partial charge on any atom is -0.389 e. The summed E-state index contributed by atoms with van der Waals surface area (Å²) in [6, 6.07) is 0. The molecule has 0 amide bonds. The second kappa shape index (κ2) is 2.44. The van der Waals surface area contributed by atoms with Crippen LogP contribution in [0.1, 0.15) is 19.8 Å². The van der Waals surface area contributed by atoms with Crippen LogP contribution in [0, 0.1) is 11.8 Å². The van der Waals surface area contributed by atoms with Gasteiger partial charge in [0.05, 0.1) is 5.92 Å². The van der Waals surface area contributed by atoms with Crippen LogP contribution < -0.4 is 0 Å². The van der Waals surface area contributed by atoms with Crippen LogP contribution in [-0.2, 0) is 14.3 Å². The van der Waals surface area contributed by atoms with Gasteiger partial charge in [0.2, 0.25) is 0 Å². The molecule has 1 fully saturated rings. The normalized spacial score (nSPS) is 34.2. The summed E-state index contributed by atoms with van der Waals surface area (Å²) in [5, 5.41) is 0. The molecule has 0 aromatic heterocycles. The van der Waals surface area contributed by atoms with Crippen molar-refractivity contribution in [1.29, 1.82) is 0 Å². The summed E-state index contributed by atoms with van der Waals surface area (Å²) in [6.07, 6.45) is 3.68. The Labute approximate surface area is 70.4 Å². The van der Waals surface area contributed by atoms with Gasteiger partial charge >= 0.3 is 11.9 Å². The van der Waals surface area contributed by atoms with Crippen molar-refractivity contribution in [1.82, 2.24) is 0 Å². The minimum absolute atomic E-state index is 0.254. The topological polar surface area (TPSA) is 43.4 Å². The lowest BCUT2D eigenvalue weighted by atomic mass is 9.81. The van der Waals surface area contributed by atoms with Crippen molar-refractivity contribution in [2.75, 3.05) is 0 Å². The van der Waals surface area contributed by atoms with E-state index in [2.05, 4.69) is 4.74 Å². The minimum atomic E-state index is -0.434. The smallest absolute Gasteiger partial charge is 0.342 e. The monoisotopic (exact) mass is 166 g/mol. The van der Waals surface area contributed by atoms with Gasteiger partial charge in [-0.25, -0.2) is 4.79 Å². The second-order valence-electron chi connectivity index (χ2n) is 3.40. The fourth-order valence-corrected chi connectivity index (χ4v) is 1.89. The first-order chi connectivity index (χ1) is 5.70. The van der Waals surface area contributed by atoms with E-state index < -0.39 is 5.97 Å². The average Bonchev–Trinajstić information content (AvgIpc) is 2.29. The maximum absolute atomic E-state index is 11.1. The van der Waals surface area contributed by atoms with Gasteiger partial charge in [-0.15, -0.1) is 0 Å². The summed E-state index contributed by atoms with van der Waals surface area (Å²) < 4.78 is 4.53. The molecule has 0 aromatic carbocycles. The standard InChI is InChI=1S/C9H10O3/c1-5-3-2-4-6-7(5)9(11)12-8(6)10/h4-5,7H,2-3H2,1H3. The quantitative estimate of drug-likeness (QED) is 0.399. The van der Waals surface area contributed by atoms with Crippen molar-refractivity contribution in [3.05, 3.63) is 11.6 Å². The number of fused-ring (bicyclic) bond motifs is 1. The molecule has 2 aliphatic rings. The molecule has 1 heterocycles. The van der Waals surface area contributed by atoms with Crippen molar-refractivity contribution in [3.8, 4) is 0 Å². The van der Waals surface area contributed by atoms with Gasteiger partial charge in [-0.1, -0.05) is 13.0 Å². The zero-order chi connectivity index (χ0) is 8.72. The Morgan fingerprint density at radius 1 is 1.50 bits per heavy atom. The van der Waals surface area contributed by atoms with Gasteiger partial charge < -0.3 is 4.74 Å². The molecule has 1 aliphatic carbocycles. The van der Waals surface area contributed by atoms with Crippen molar-refractivity contribution in [2.24, 2.45) is 11.8 Å². The predicted molar refractivity (Wildman–Crippen MR) is 41.1 cm³/mol. The van der Waals surface area contributed by atoms with Crippen LogP contribution >= 0.6 is 0 Å². The maximum Gasteiger partial charge on any atom is 0.342 e. The van der Waals surface area contributed by atoms with Gasteiger partial charge in [0.1, 0.15) is 0 Å². The zero-order valence-corrected chi connectivity index (χ0v) is 6.87. The molecule has 0 spiro atoms. The highest BCUT2D eigenvalue weighted by Gasteiger charge is 2.43. The van der Waals surface area contributed by atoms with Crippen LogP contribution in [0.3, 0.4) is 0 Å². The number of carbonyl (C=O) groups is 2. The van der Waals surface area contributed by atoms with Crippen LogP contribution in [0.2, 0.25) is 0 Å². The molecule has 2 rings (SSSR count). The second-order valence-corrected chi connectivity index (χ2v) is 3.40. The summed E-state index contributed by atoms with van der Waals surface area (Å²) in [4.78, 5) is 22.2. The molecule has 64 valence electrons. The van der Waals surface area contributed by atoms with Crippen LogP contribution in [0.4, 0.5) is 0 Å². The lowest BCUT2D eigenvalue weighted by molar-refractivity contribution is -0.153. The molecule has 3 heteroatoms. The summed E-state index contributed by atoms with van der Waals surface area (Å²) in [5.74, 6) is -0.815. The number of hydrogen-bond donors (Lipinski definition) is 0. The van der Waals surface area contributed by atoms with Crippen LogP contribution in [0.25, 0.3) is 0 Å². The van der Waals surface area contributed by atoms with E-state index >= 15 is 0 Å². The molecular weight excluding hydrogens is 156 g/mol. The SMILES string of the molecule is CC1CCC=C2C(=O)OC(=O)C21. The van der Waals surface area contributed by atoms with Crippen molar-refractivity contribution >= 4 is 11.9 Å². The van der Waals surface area contributed by atoms with Crippen molar-refractivity contribution in [2.45, 2.75) is 19.8 Å². The molecule has 2 unspecified atom stereocenters. The number of rotatable bonds is 0. The average molecular weight is 166 g/mol. The first-order valence-corrected chi connectivity index (χ1v) is 4.16. The molecule has 2 atom stereocenters. The largest absolute Gasteiger partial charge is 0.389 e. The van der Waals surface area contributed by atoms with Gasteiger partial charge in [-0.2, -0.15) is 0 Å². The molecule has 1 saturated heterocycles. The lowest BCUT2D eigenvalue weighted by Crippen LogP contribution is -2.21. The highest BCUT2D eigenvalue weighted by molar-refractivity contribution is 6.07. The Balaban J connectivity index is 2.39. The Morgan fingerprint density at radius 3 is 2.92 bits per heavy atom. The molecule has 12 heavy (non-hydrogen) atoms. The van der Waals surface area contributed by atoms with Gasteiger partial charge in [-0.05, 0) is 18.8 Å². The van der Waals surface area contributed by atoms with Crippen LogP contribution in [-0.4, -0.2) is 11.9 Å². The summed E-state index contributed by atoms with van der Waals surface area (Å²) >= 11 is 0. The van der Waals surface area contributed by atoms with Crippen molar-refractivity contribution < 1.29 is 14.3 Å². The van der Waals surface area contributed by atoms with E-state index in [1.165, 1.54) is 0 Å². The molecule has 1 aliphatic heterocycles. The van der Waals surface area contributed by atoms with E-state index in [1.54, 1.807) is 0 Å². The van der Waals surface area contributed by atoms with E-state index in [9.17, 15) is 9.59 Å². The molecule has 0 aromatic rings. The van der Waals surface area contributed by atoms with E-state index in [4.69, 9.17) is 0 Å². The van der Waals surface area contributed by atoms with Crippen molar-refractivity contribution in [3.63, 3.8) is 0 Å². The van der Waals surface area contributed by atoms with Gasteiger partial charge in [0.25, 0.3) is 0 Å². The Kier molecular flexibility index (Phi) is 1.53. The number of allylic oxidation sites excluding steroid dienone is 1. The molecular formula is C9H10O3. The first kappa shape index (κ1) is 7.53. The van der Waals surface area contributed by atoms with E-state index in [0.717, 1.165) is 12.8 Å². The van der Waals surface area contributed by atoms with E-state index in [1.807, 2.05) is 13.0 Å². The Morgan fingerprint density at radius 2 is 2.25 bits per heavy atom. The molecule has 0 saturated carbocycles. The maximum atomic E-state index is 11.1. The fraction of sp³-hybridized carbons (Fsp3) is 0.556. The third-order valence-electron chi connectivity index (χ3n) is 2.57. The van der Waals surface area contributed by atoms with Gasteiger partial charge in [0.15, 0.2) is 0 Å². The number of ether oxygens (including phenoxy) is 1. The van der Waals surface area contributed by atoms with Crippen LogP contribution in [0.5, 0.6) is 0 Å². The van der Waals surface area contributed by atoms with Gasteiger partial charge in [-0.3, -0.25) is 4.79 Å².